The quantitative estimate of drug-likeness (QED) is 0.840. The summed E-state index contributed by atoms with van der Waals surface area (Å²) < 4.78 is 0. The smallest absolute Gasteiger partial charge is 0.253 e. The van der Waals surface area contributed by atoms with E-state index in [0.29, 0.717) is 30.5 Å². The van der Waals surface area contributed by atoms with Crippen LogP contribution in [-0.2, 0) is 4.79 Å². The Bertz CT molecular complexity index is 553. The van der Waals surface area contributed by atoms with Crippen LogP contribution in [-0.4, -0.2) is 52.8 Å². The minimum Gasteiger partial charge on any atom is -0.342 e. The maximum Gasteiger partial charge on any atom is 0.253 e. The van der Waals surface area contributed by atoms with Gasteiger partial charge in [-0.25, -0.2) is 0 Å². The Hall–Kier alpha value is -1.91. The number of hydrogen-bond donors (Lipinski definition) is 0. The predicted octanol–water partition coefficient (Wildman–Crippen LogP) is 2.19. The molecule has 0 radical (unpaired) electrons. The van der Waals surface area contributed by atoms with E-state index in [9.17, 15) is 9.59 Å². The molecule has 0 aliphatic carbocycles. The molecular formula is C18H25N3O2. The van der Waals surface area contributed by atoms with Gasteiger partial charge in [0.2, 0.25) is 5.91 Å². The van der Waals surface area contributed by atoms with Crippen molar-refractivity contribution in [3.8, 4) is 0 Å². The Labute approximate surface area is 137 Å². The standard InChI is InChI=1S/C18H25N3O2/c1-14-3-2-10-21(13-14)18(23)16-6-11-20(12-7-16)17(22)15-4-8-19-9-5-15/h4-5,8-9,14,16H,2-3,6-7,10-13H2,1H3. The van der Waals surface area contributed by atoms with Gasteiger partial charge in [-0.1, -0.05) is 6.92 Å². The molecule has 1 aromatic heterocycles. The summed E-state index contributed by atoms with van der Waals surface area (Å²) in [6.07, 6.45) is 7.18. The molecule has 2 amide bonds. The number of likely N-dealkylation sites (tertiary alicyclic amines) is 2. The minimum absolute atomic E-state index is 0.0462. The van der Waals surface area contributed by atoms with Crippen LogP contribution in [0.2, 0.25) is 0 Å². The monoisotopic (exact) mass is 315 g/mol. The van der Waals surface area contributed by atoms with Gasteiger partial charge >= 0.3 is 0 Å². The number of carbonyl (C=O) groups is 2. The molecule has 0 saturated carbocycles. The third kappa shape index (κ3) is 3.71. The predicted molar refractivity (Wildman–Crippen MR) is 87.8 cm³/mol. The van der Waals surface area contributed by atoms with E-state index in [1.54, 1.807) is 24.5 Å². The lowest BCUT2D eigenvalue weighted by molar-refractivity contribution is -0.138. The summed E-state index contributed by atoms with van der Waals surface area (Å²) in [4.78, 5) is 32.9. The summed E-state index contributed by atoms with van der Waals surface area (Å²) >= 11 is 0. The average Bonchev–Trinajstić information content (AvgIpc) is 2.61. The van der Waals surface area contributed by atoms with Crippen LogP contribution in [0, 0.1) is 11.8 Å². The molecule has 1 unspecified atom stereocenters. The van der Waals surface area contributed by atoms with Crippen molar-refractivity contribution in [2.75, 3.05) is 26.2 Å². The highest BCUT2D eigenvalue weighted by molar-refractivity contribution is 5.94. The van der Waals surface area contributed by atoms with E-state index in [-0.39, 0.29) is 11.8 Å². The van der Waals surface area contributed by atoms with Gasteiger partial charge in [0.15, 0.2) is 0 Å². The van der Waals surface area contributed by atoms with E-state index < -0.39 is 0 Å². The van der Waals surface area contributed by atoms with Crippen molar-refractivity contribution in [3.05, 3.63) is 30.1 Å². The number of hydrogen-bond acceptors (Lipinski definition) is 3. The molecule has 0 spiro atoms. The lowest BCUT2D eigenvalue weighted by atomic mass is 9.92. The number of aromatic nitrogens is 1. The van der Waals surface area contributed by atoms with Crippen molar-refractivity contribution in [1.82, 2.24) is 14.8 Å². The molecule has 2 aliphatic heterocycles. The molecule has 2 saturated heterocycles. The lowest BCUT2D eigenvalue weighted by Gasteiger charge is -2.37. The van der Waals surface area contributed by atoms with Gasteiger partial charge in [-0.05, 0) is 43.7 Å². The Morgan fingerprint density at radius 1 is 1.04 bits per heavy atom. The van der Waals surface area contributed by atoms with Crippen LogP contribution in [0.1, 0.15) is 43.0 Å². The fraction of sp³-hybridized carbons (Fsp3) is 0.611. The molecule has 23 heavy (non-hydrogen) atoms. The summed E-state index contributed by atoms with van der Waals surface area (Å²) in [6, 6.07) is 3.49. The zero-order valence-corrected chi connectivity index (χ0v) is 13.8. The fourth-order valence-electron chi connectivity index (χ4n) is 3.65. The number of pyridine rings is 1. The van der Waals surface area contributed by atoms with Gasteiger partial charge < -0.3 is 9.80 Å². The molecule has 3 heterocycles. The number of nitrogens with zero attached hydrogens (tertiary/aromatic N) is 3. The fourth-order valence-corrected chi connectivity index (χ4v) is 3.65. The second-order valence-electron chi connectivity index (χ2n) is 6.83. The molecule has 2 fully saturated rings. The van der Waals surface area contributed by atoms with Gasteiger partial charge in [0.25, 0.3) is 5.91 Å². The Morgan fingerprint density at radius 3 is 2.39 bits per heavy atom. The highest BCUT2D eigenvalue weighted by Gasteiger charge is 2.31. The van der Waals surface area contributed by atoms with Gasteiger partial charge in [0.05, 0.1) is 0 Å². The van der Waals surface area contributed by atoms with Crippen molar-refractivity contribution in [2.45, 2.75) is 32.6 Å². The average molecular weight is 315 g/mol. The molecular weight excluding hydrogens is 290 g/mol. The second kappa shape index (κ2) is 7.11. The number of piperidine rings is 2. The van der Waals surface area contributed by atoms with Crippen molar-refractivity contribution < 1.29 is 9.59 Å². The van der Waals surface area contributed by atoms with Crippen LogP contribution >= 0.6 is 0 Å². The van der Waals surface area contributed by atoms with Crippen molar-refractivity contribution >= 4 is 11.8 Å². The van der Waals surface area contributed by atoms with Crippen LogP contribution in [0.15, 0.2) is 24.5 Å². The Balaban J connectivity index is 1.54. The first-order valence-electron chi connectivity index (χ1n) is 8.63. The van der Waals surface area contributed by atoms with Crippen LogP contribution in [0.5, 0.6) is 0 Å². The number of carbonyl (C=O) groups excluding carboxylic acids is 2. The highest BCUT2D eigenvalue weighted by Crippen LogP contribution is 2.24. The van der Waals surface area contributed by atoms with Crippen molar-refractivity contribution in [3.63, 3.8) is 0 Å². The van der Waals surface area contributed by atoms with Crippen molar-refractivity contribution in [1.29, 1.82) is 0 Å². The first-order valence-corrected chi connectivity index (χ1v) is 8.63. The molecule has 124 valence electrons. The van der Waals surface area contributed by atoms with E-state index in [0.717, 1.165) is 32.4 Å². The van der Waals surface area contributed by atoms with Crippen LogP contribution in [0.3, 0.4) is 0 Å². The van der Waals surface area contributed by atoms with Gasteiger partial charge in [-0.15, -0.1) is 0 Å². The third-order valence-corrected chi connectivity index (χ3v) is 5.03. The molecule has 2 aliphatic rings. The highest BCUT2D eigenvalue weighted by atomic mass is 16.2. The number of rotatable bonds is 2. The largest absolute Gasteiger partial charge is 0.342 e. The van der Waals surface area contributed by atoms with E-state index in [1.807, 2.05) is 9.80 Å². The van der Waals surface area contributed by atoms with E-state index in [4.69, 9.17) is 0 Å². The first-order chi connectivity index (χ1) is 11.1. The molecule has 1 atom stereocenters. The molecule has 5 heteroatoms. The molecule has 0 aromatic carbocycles. The summed E-state index contributed by atoms with van der Waals surface area (Å²) in [6.45, 7) is 5.35. The molecule has 1 aromatic rings. The topological polar surface area (TPSA) is 53.5 Å². The van der Waals surface area contributed by atoms with E-state index in [2.05, 4.69) is 11.9 Å². The maximum absolute atomic E-state index is 12.7. The van der Waals surface area contributed by atoms with Gasteiger partial charge in [0.1, 0.15) is 0 Å². The summed E-state index contributed by atoms with van der Waals surface area (Å²) in [7, 11) is 0. The lowest BCUT2D eigenvalue weighted by Crippen LogP contribution is -2.47. The maximum atomic E-state index is 12.7. The van der Waals surface area contributed by atoms with Crippen LogP contribution < -0.4 is 0 Å². The number of amides is 2. The summed E-state index contributed by atoms with van der Waals surface area (Å²) in [5.41, 5.74) is 0.676. The molecule has 3 rings (SSSR count). The third-order valence-electron chi connectivity index (χ3n) is 5.03. The Morgan fingerprint density at radius 2 is 1.74 bits per heavy atom. The normalized spacial score (nSPS) is 22.9. The molecule has 0 bridgehead atoms. The van der Waals surface area contributed by atoms with Crippen molar-refractivity contribution in [2.24, 2.45) is 11.8 Å². The minimum atomic E-state index is 0.0462. The van der Waals surface area contributed by atoms with Gasteiger partial charge in [0, 0.05) is 50.1 Å². The summed E-state index contributed by atoms with van der Waals surface area (Å²) in [5, 5.41) is 0. The second-order valence-corrected chi connectivity index (χ2v) is 6.83. The summed E-state index contributed by atoms with van der Waals surface area (Å²) in [5.74, 6) is 1.04. The zero-order chi connectivity index (χ0) is 16.2. The first kappa shape index (κ1) is 16.0. The van der Waals surface area contributed by atoms with Crippen LogP contribution in [0.25, 0.3) is 0 Å². The van der Waals surface area contributed by atoms with E-state index in [1.165, 1.54) is 6.42 Å². The molecule has 0 N–H and O–H groups in total. The zero-order valence-electron chi connectivity index (χ0n) is 13.8. The molecule has 5 nitrogen and oxygen atoms in total. The van der Waals surface area contributed by atoms with Gasteiger partial charge in [-0.3, -0.25) is 14.6 Å². The SMILES string of the molecule is CC1CCCN(C(=O)C2CCN(C(=O)c3ccncc3)CC2)C1. The van der Waals surface area contributed by atoms with E-state index >= 15 is 0 Å². The van der Waals surface area contributed by atoms with Crippen LogP contribution in [0.4, 0.5) is 0 Å². The Kier molecular flexibility index (Phi) is 4.94. The van der Waals surface area contributed by atoms with Gasteiger partial charge in [-0.2, -0.15) is 0 Å².